The highest BCUT2D eigenvalue weighted by molar-refractivity contribution is 5.97. The Morgan fingerprint density at radius 3 is 2.21 bits per heavy atom. The first-order valence-electron chi connectivity index (χ1n) is 9.81. The maximum atomic E-state index is 13.1. The monoisotopic (exact) mass is 382 g/mol. The molecular formula is C23H27FN2O2. The van der Waals surface area contributed by atoms with Gasteiger partial charge in [0.1, 0.15) is 11.9 Å². The standard InChI is InChI=1S/C23H27FN2O2/c1-16(2)20(26-21(27)17-9-11-19(24)12-10-17)22(28)25-15-23(13-6-14-23)18-7-4-3-5-8-18/h3-5,7-12,16,20H,6,13-15H2,1-2H3,(H,25,28)(H,26,27)/t20-/m1/s1. The smallest absolute Gasteiger partial charge is 0.251 e. The molecule has 0 aromatic heterocycles. The van der Waals surface area contributed by atoms with Crippen LogP contribution in [0.2, 0.25) is 0 Å². The lowest BCUT2D eigenvalue weighted by Crippen LogP contribution is -2.53. The highest BCUT2D eigenvalue weighted by Gasteiger charge is 2.39. The van der Waals surface area contributed by atoms with E-state index < -0.39 is 11.9 Å². The topological polar surface area (TPSA) is 58.2 Å². The molecule has 0 unspecified atom stereocenters. The van der Waals surface area contributed by atoms with E-state index in [0.29, 0.717) is 12.1 Å². The number of carbonyl (C=O) groups excluding carboxylic acids is 2. The molecule has 1 aliphatic rings. The molecule has 1 aliphatic carbocycles. The van der Waals surface area contributed by atoms with Crippen LogP contribution in [0.5, 0.6) is 0 Å². The van der Waals surface area contributed by atoms with Gasteiger partial charge in [0.25, 0.3) is 5.91 Å². The molecule has 0 saturated heterocycles. The Morgan fingerprint density at radius 2 is 1.68 bits per heavy atom. The van der Waals surface area contributed by atoms with Crippen LogP contribution in [-0.4, -0.2) is 24.4 Å². The minimum Gasteiger partial charge on any atom is -0.353 e. The van der Waals surface area contributed by atoms with Crippen molar-refractivity contribution in [3.05, 3.63) is 71.5 Å². The van der Waals surface area contributed by atoms with Crippen LogP contribution in [0.3, 0.4) is 0 Å². The molecule has 2 N–H and O–H groups in total. The zero-order valence-electron chi connectivity index (χ0n) is 16.4. The van der Waals surface area contributed by atoms with E-state index in [1.807, 2.05) is 32.0 Å². The zero-order valence-corrected chi connectivity index (χ0v) is 16.4. The van der Waals surface area contributed by atoms with Crippen LogP contribution in [0, 0.1) is 11.7 Å². The fourth-order valence-electron chi connectivity index (χ4n) is 3.69. The Balaban J connectivity index is 1.64. The molecule has 2 aromatic carbocycles. The van der Waals surface area contributed by atoms with Crippen LogP contribution < -0.4 is 10.6 Å². The second-order valence-corrected chi connectivity index (χ2v) is 7.92. The molecule has 1 fully saturated rings. The van der Waals surface area contributed by atoms with Gasteiger partial charge < -0.3 is 10.6 Å². The van der Waals surface area contributed by atoms with Crippen molar-refractivity contribution in [2.24, 2.45) is 5.92 Å². The lowest BCUT2D eigenvalue weighted by Gasteiger charge is -2.43. The number of benzene rings is 2. The number of carbonyl (C=O) groups is 2. The van der Waals surface area contributed by atoms with Gasteiger partial charge in [-0.1, -0.05) is 50.6 Å². The second kappa shape index (κ2) is 8.55. The lowest BCUT2D eigenvalue weighted by molar-refractivity contribution is -0.124. The van der Waals surface area contributed by atoms with E-state index in [4.69, 9.17) is 0 Å². The van der Waals surface area contributed by atoms with Crippen molar-refractivity contribution < 1.29 is 14.0 Å². The molecule has 0 heterocycles. The molecule has 0 aliphatic heterocycles. The molecule has 5 heteroatoms. The van der Waals surface area contributed by atoms with E-state index in [9.17, 15) is 14.0 Å². The number of nitrogens with one attached hydrogen (secondary N) is 2. The Kier molecular flexibility index (Phi) is 6.12. The van der Waals surface area contributed by atoms with Crippen LogP contribution in [-0.2, 0) is 10.2 Å². The summed E-state index contributed by atoms with van der Waals surface area (Å²) in [5.74, 6) is -1.04. The first-order valence-corrected chi connectivity index (χ1v) is 9.81. The summed E-state index contributed by atoms with van der Waals surface area (Å²) in [6.07, 6.45) is 3.25. The molecule has 1 saturated carbocycles. The molecule has 0 bridgehead atoms. The van der Waals surface area contributed by atoms with Gasteiger partial charge in [-0.25, -0.2) is 4.39 Å². The van der Waals surface area contributed by atoms with Gasteiger partial charge in [0.2, 0.25) is 5.91 Å². The predicted octanol–water partition coefficient (Wildman–Crippen LogP) is 3.82. The summed E-state index contributed by atoms with van der Waals surface area (Å²) in [6, 6.07) is 14.9. The van der Waals surface area contributed by atoms with Crippen molar-refractivity contribution in [2.45, 2.75) is 44.6 Å². The van der Waals surface area contributed by atoms with Crippen LogP contribution in [0.4, 0.5) is 4.39 Å². The number of rotatable bonds is 7. The van der Waals surface area contributed by atoms with E-state index in [1.54, 1.807) is 0 Å². The maximum Gasteiger partial charge on any atom is 0.251 e. The Labute approximate surface area is 165 Å². The van der Waals surface area contributed by atoms with E-state index in [-0.39, 0.29) is 23.1 Å². The van der Waals surface area contributed by atoms with E-state index in [0.717, 1.165) is 19.3 Å². The molecule has 28 heavy (non-hydrogen) atoms. The van der Waals surface area contributed by atoms with Gasteiger partial charge in [0, 0.05) is 17.5 Å². The molecule has 2 aromatic rings. The molecular weight excluding hydrogens is 355 g/mol. The maximum absolute atomic E-state index is 13.1. The molecule has 0 radical (unpaired) electrons. The van der Waals surface area contributed by atoms with Gasteiger partial charge in [-0.05, 0) is 48.6 Å². The molecule has 1 atom stereocenters. The molecule has 148 valence electrons. The number of hydrogen-bond donors (Lipinski definition) is 2. The molecule has 0 spiro atoms. The van der Waals surface area contributed by atoms with Crippen molar-refractivity contribution >= 4 is 11.8 Å². The van der Waals surface area contributed by atoms with Crippen molar-refractivity contribution in [2.75, 3.05) is 6.54 Å². The zero-order chi connectivity index (χ0) is 20.1. The van der Waals surface area contributed by atoms with Gasteiger partial charge in [-0.15, -0.1) is 0 Å². The molecule has 4 nitrogen and oxygen atoms in total. The van der Waals surface area contributed by atoms with Crippen LogP contribution in [0.25, 0.3) is 0 Å². The minimum absolute atomic E-state index is 0.0145. The van der Waals surface area contributed by atoms with Gasteiger partial charge in [0.15, 0.2) is 0 Å². The van der Waals surface area contributed by atoms with E-state index >= 15 is 0 Å². The van der Waals surface area contributed by atoms with Crippen molar-refractivity contribution in [1.82, 2.24) is 10.6 Å². The average molecular weight is 382 g/mol. The Hall–Kier alpha value is -2.69. The van der Waals surface area contributed by atoms with Crippen molar-refractivity contribution in [3.8, 4) is 0 Å². The van der Waals surface area contributed by atoms with E-state index in [2.05, 4.69) is 22.8 Å². The summed E-state index contributed by atoms with van der Waals surface area (Å²) < 4.78 is 13.1. The summed E-state index contributed by atoms with van der Waals surface area (Å²) in [6.45, 7) is 4.35. The SMILES string of the molecule is CC(C)[C@@H](NC(=O)c1ccc(F)cc1)C(=O)NCC1(c2ccccc2)CCC1. The Bertz CT molecular complexity index is 814. The number of halogens is 1. The van der Waals surface area contributed by atoms with Crippen molar-refractivity contribution in [3.63, 3.8) is 0 Å². The minimum atomic E-state index is -0.648. The first-order chi connectivity index (χ1) is 13.4. The second-order valence-electron chi connectivity index (χ2n) is 7.92. The van der Waals surface area contributed by atoms with Crippen LogP contribution in [0.15, 0.2) is 54.6 Å². The fourth-order valence-corrected chi connectivity index (χ4v) is 3.69. The van der Waals surface area contributed by atoms with E-state index in [1.165, 1.54) is 29.8 Å². The van der Waals surface area contributed by atoms with Gasteiger partial charge in [-0.2, -0.15) is 0 Å². The summed E-state index contributed by atoms with van der Waals surface area (Å²) in [5, 5.41) is 5.85. The first kappa shape index (κ1) is 20.1. The normalized spacial score (nSPS) is 16.1. The number of amides is 2. The van der Waals surface area contributed by atoms with Gasteiger partial charge in [0.05, 0.1) is 0 Å². The summed E-state index contributed by atoms with van der Waals surface area (Å²) in [7, 11) is 0. The lowest BCUT2D eigenvalue weighted by atomic mass is 9.64. The van der Waals surface area contributed by atoms with Crippen LogP contribution >= 0.6 is 0 Å². The fraction of sp³-hybridized carbons (Fsp3) is 0.391. The quantitative estimate of drug-likeness (QED) is 0.765. The predicted molar refractivity (Wildman–Crippen MR) is 107 cm³/mol. The molecule has 2 amide bonds. The largest absolute Gasteiger partial charge is 0.353 e. The highest BCUT2D eigenvalue weighted by atomic mass is 19.1. The third-order valence-corrected chi connectivity index (χ3v) is 5.64. The Morgan fingerprint density at radius 1 is 1.04 bits per heavy atom. The average Bonchev–Trinajstić information content (AvgIpc) is 2.66. The third-order valence-electron chi connectivity index (χ3n) is 5.64. The summed E-state index contributed by atoms with van der Waals surface area (Å²) in [5.41, 5.74) is 1.57. The molecule has 3 rings (SSSR count). The van der Waals surface area contributed by atoms with Crippen molar-refractivity contribution in [1.29, 1.82) is 0 Å². The van der Waals surface area contributed by atoms with Crippen LogP contribution in [0.1, 0.15) is 49.0 Å². The highest BCUT2D eigenvalue weighted by Crippen LogP contribution is 2.43. The third kappa shape index (κ3) is 4.41. The number of hydrogen-bond acceptors (Lipinski definition) is 2. The summed E-state index contributed by atoms with van der Waals surface area (Å²) in [4.78, 5) is 25.3. The summed E-state index contributed by atoms with van der Waals surface area (Å²) >= 11 is 0. The van der Waals surface area contributed by atoms with Gasteiger partial charge >= 0.3 is 0 Å². The van der Waals surface area contributed by atoms with Gasteiger partial charge in [-0.3, -0.25) is 9.59 Å².